The number of rotatable bonds is 6. The van der Waals surface area contributed by atoms with Crippen molar-refractivity contribution in [1.29, 1.82) is 0 Å². The molecule has 2 unspecified atom stereocenters. The first-order valence-corrected chi connectivity index (χ1v) is 9.38. The lowest BCUT2D eigenvalue weighted by molar-refractivity contribution is -0.134. The van der Waals surface area contributed by atoms with Crippen LogP contribution >= 0.6 is 0 Å². The van der Waals surface area contributed by atoms with Crippen LogP contribution < -0.4 is 10.6 Å². The van der Waals surface area contributed by atoms with E-state index in [-0.39, 0.29) is 11.8 Å². The van der Waals surface area contributed by atoms with Gasteiger partial charge in [-0.25, -0.2) is 0 Å². The number of amides is 2. The Bertz CT molecular complexity index is 751. The fourth-order valence-corrected chi connectivity index (χ4v) is 3.42. The average Bonchev–Trinajstić information content (AvgIpc) is 2.74. The molecule has 0 radical (unpaired) electrons. The smallest absolute Gasteiger partial charge is 0.253 e. The number of benzene rings is 1. The van der Waals surface area contributed by atoms with Crippen LogP contribution in [-0.2, 0) is 11.2 Å². The molecular weight excluding hydrogens is 340 g/mol. The number of piperidine rings is 1. The van der Waals surface area contributed by atoms with Gasteiger partial charge in [-0.1, -0.05) is 30.3 Å². The summed E-state index contributed by atoms with van der Waals surface area (Å²) in [6.07, 6.45) is 5.62. The molecule has 6 nitrogen and oxygen atoms in total. The van der Waals surface area contributed by atoms with E-state index in [2.05, 4.69) is 15.6 Å². The standard InChI is InChI=1S/C21H26N4O2/c1-22-18-10-6-12-25(15-18)21(27)19(13-16-7-3-2-4-8-16)24-20(26)17-9-5-11-23-14-17/h2-5,7-9,11,14,18-19,22H,6,10,12-13,15H2,1H3,(H,24,26). The number of likely N-dealkylation sites (N-methyl/N-ethyl adjacent to an activating group) is 1. The van der Waals surface area contributed by atoms with Crippen molar-refractivity contribution in [3.63, 3.8) is 0 Å². The van der Waals surface area contributed by atoms with Crippen LogP contribution in [0.3, 0.4) is 0 Å². The monoisotopic (exact) mass is 366 g/mol. The Morgan fingerprint density at radius 3 is 2.74 bits per heavy atom. The van der Waals surface area contributed by atoms with Crippen LogP contribution in [0.2, 0.25) is 0 Å². The summed E-state index contributed by atoms with van der Waals surface area (Å²) in [7, 11) is 1.92. The molecule has 0 bridgehead atoms. The Morgan fingerprint density at radius 2 is 2.04 bits per heavy atom. The molecule has 2 aromatic rings. The van der Waals surface area contributed by atoms with Crippen LogP contribution in [0.15, 0.2) is 54.9 Å². The van der Waals surface area contributed by atoms with Crippen LogP contribution in [-0.4, -0.2) is 53.9 Å². The first kappa shape index (κ1) is 19.0. The van der Waals surface area contributed by atoms with E-state index in [1.807, 2.05) is 42.3 Å². The summed E-state index contributed by atoms with van der Waals surface area (Å²) in [6, 6.07) is 12.9. The molecule has 0 saturated carbocycles. The minimum absolute atomic E-state index is 0.0314. The van der Waals surface area contributed by atoms with Crippen molar-refractivity contribution in [2.75, 3.05) is 20.1 Å². The molecule has 2 atom stereocenters. The van der Waals surface area contributed by atoms with Crippen molar-refractivity contribution in [2.24, 2.45) is 0 Å². The molecule has 1 fully saturated rings. The number of nitrogens with one attached hydrogen (secondary N) is 2. The molecule has 6 heteroatoms. The second kappa shape index (κ2) is 9.28. The summed E-state index contributed by atoms with van der Waals surface area (Å²) in [4.78, 5) is 31.7. The largest absolute Gasteiger partial charge is 0.340 e. The maximum atomic E-state index is 13.2. The van der Waals surface area contributed by atoms with E-state index in [0.717, 1.165) is 24.9 Å². The van der Waals surface area contributed by atoms with Gasteiger partial charge in [0.2, 0.25) is 5.91 Å². The zero-order chi connectivity index (χ0) is 19.1. The summed E-state index contributed by atoms with van der Waals surface area (Å²) < 4.78 is 0. The number of nitrogens with zero attached hydrogens (tertiary/aromatic N) is 2. The van der Waals surface area contributed by atoms with Gasteiger partial charge in [0.25, 0.3) is 5.91 Å². The molecule has 1 aliphatic heterocycles. The van der Waals surface area contributed by atoms with E-state index in [9.17, 15) is 9.59 Å². The maximum Gasteiger partial charge on any atom is 0.253 e. The summed E-state index contributed by atoms with van der Waals surface area (Å²) >= 11 is 0. The average molecular weight is 366 g/mol. The lowest BCUT2D eigenvalue weighted by Crippen LogP contribution is -2.54. The highest BCUT2D eigenvalue weighted by Gasteiger charge is 2.30. The molecule has 1 saturated heterocycles. The van der Waals surface area contributed by atoms with Gasteiger partial charge in [0.05, 0.1) is 5.56 Å². The maximum absolute atomic E-state index is 13.2. The summed E-state index contributed by atoms with van der Waals surface area (Å²) in [5, 5.41) is 6.18. The topological polar surface area (TPSA) is 74.3 Å². The van der Waals surface area contributed by atoms with Crippen LogP contribution in [0.1, 0.15) is 28.8 Å². The zero-order valence-electron chi connectivity index (χ0n) is 15.6. The minimum Gasteiger partial charge on any atom is -0.340 e. The van der Waals surface area contributed by atoms with Gasteiger partial charge in [0, 0.05) is 37.9 Å². The summed E-state index contributed by atoms with van der Waals surface area (Å²) in [6.45, 7) is 1.40. The Hall–Kier alpha value is -2.73. The van der Waals surface area contributed by atoms with Crippen molar-refractivity contribution in [3.05, 3.63) is 66.0 Å². The zero-order valence-corrected chi connectivity index (χ0v) is 15.6. The van der Waals surface area contributed by atoms with Gasteiger partial charge in [-0.05, 0) is 37.6 Å². The van der Waals surface area contributed by atoms with Crippen molar-refractivity contribution in [1.82, 2.24) is 20.5 Å². The fourth-order valence-electron chi connectivity index (χ4n) is 3.42. The quantitative estimate of drug-likeness (QED) is 0.815. The van der Waals surface area contributed by atoms with E-state index in [4.69, 9.17) is 0 Å². The highest BCUT2D eigenvalue weighted by atomic mass is 16.2. The lowest BCUT2D eigenvalue weighted by atomic mass is 10.0. The predicted molar refractivity (Wildman–Crippen MR) is 104 cm³/mol. The number of likely N-dealkylation sites (tertiary alicyclic amines) is 1. The second-order valence-corrected chi connectivity index (χ2v) is 6.87. The molecule has 142 valence electrons. The van der Waals surface area contributed by atoms with Crippen LogP contribution in [0.5, 0.6) is 0 Å². The van der Waals surface area contributed by atoms with Gasteiger partial charge in [-0.2, -0.15) is 0 Å². The molecule has 1 aromatic heterocycles. The van der Waals surface area contributed by atoms with E-state index in [1.54, 1.807) is 18.3 Å². The third kappa shape index (κ3) is 5.14. The third-order valence-electron chi connectivity index (χ3n) is 4.95. The SMILES string of the molecule is CNC1CCCN(C(=O)C(Cc2ccccc2)NC(=O)c2cccnc2)C1. The summed E-state index contributed by atoms with van der Waals surface area (Å²) in [5.41, 5.74) is 1.47. The van der Waals surface area contributed by atoms with Crippen LogP contribution in [0.25, 0.3) is 0 Å². The second-order valence-electron chi connectivity index (χ2n) is 6.87. The van der Waals surface area contributed by atoms with Crippen LogP contribution in [0.4, 0.5) is 0 Å². The van der Waals surface area contributed by atoms with Gasteiger partial charge in [-0.15, -0.1) is 0 Å². The van der Waals surface area contributed by atoms with E-state index in [1.165, 1.54) is 6.20 Å². The van der Waals surface area contributed by atoms with Gasteiger partial charge in [-0.3, -0.25) is 14.6 Å². The molecule has 0 spiro atoms. The number of carbonyl (C=O) groups is 2. The molecule has 2 N–H and O–H groups in total. The minimum atomic E-state index is -0.601. The molecule has 2 heterocycles. The van der Waals surface area contributed by atoms with Crippen LogP contribution in [0, 0.1) is 0 Å². The molecule has 1 aliphatic rings. The first-order valence-electron chi connectivity index (χ1n) is 9.38. The van der Waals surface area contributed by atoms with Crippen molar-refractivity contribution in [3.8, 4) is 0 Å². The number of hydrogen-bond donors (Lipinski definition) is 2. The normalized spacial score (nSPS) is 18.0. The molecule has 27 heavy (non-hydrogen) atoms. The number of hydrogen-bond acceptors (Lipinski definition) is 4. The first-order chi connectivity index (χ1) is 13.2. The Morgan fingerprint density at radius 1 is 1.22 bits per heavy atom. The molecule has 0 aliphatic carbocycles. The Kier molecular flexibility index (Phi) is 6.54. The Balaban J connectivity index is 1.76. The lowest BCUT2D eigenvalue weighted by Gasteiger charge is -2.35. The predicted octanol–water partition coefficient (Wildman–Crippen LogP) is 1.63. The van der Waals surface area contributed by atoms with Gasteiger partial charge in [0.15, 0.2) is 0 Å². The molecular formula is C21H26N4O2. The van der Waals surface area contributed by atoms with E-state index < -0.39 is 6.04 Å². The van der Waals surface area contributed by atoms with E-state index in [0.29, 0.717) is 24.6 Å². The van der Waals surface area contributed by atoms with Gasteiger partial charge >= 0.3 is 0 Å². The van der Waals surface area contributed by atoms with Crippen molar-refractivity contribution in [2.45, 2.75) is 31.3 Å². The highest BCUT2D eigenvalue weighted by molar-refractivity contribution is 5.97. The number of aromatic nitrogens is 1. The molecule has 3 rings (SSSR count). The van der Waals surface area contributed by atoms with Gasteiger partial charge < -0.3 is 15.5 Å². The molecule has 2 amide bonds. The highest BCUT2D eigenvalue weighted by Crippen LogP contribution is 2.14. The van der Waals surface area contributed by atoms with Gasteiger partial charge in [0.1, 0.15) is 6.04 Å². The Labute approximate surface area is 160 Å². The summed E-state index contributed by atoms with van der Waals surface area (Å²) in [5.74, 6) is -0.310. The van der Waals surface area contributed by atoms with Crippen molar-refractivity contribution < 1.29 is 9.59 Å². The number of pyridine rings is 1. The fraction of sp³-hybridized carbons (Fsp3) is 0.381. The third-order valence-corrected chi connectivity index (χ3v) is 4.95. The van der Waals surface area contributed by atoms with E-state index >= 15 is 0 Å². The van der Waals surface area contributed by atoms with Crippen molar-refractivity contribution >= 4 is 11.8 Å². The number of carbonyl (C=O) groups excluding carboxylic acids is 2. The molecule has 1 aromatic carbocycles.